The van der Waals surface area contributed by atoms with Crippen LogP contribution in [0.25, 0.3) is 21.9 Å². The zero-order chi connectivity index (χ0) is 21.7. The maximum Gasteiger partial charge on any atom is 0.204 e. The second kappa shape index (κ2) is 5.74. The fourth-order valence-electron chi connectivity index (χ4n) is 5.98. The van der Waals surface area contributed by atoms with E-state index in [0.29, 0.717) is 34.1 Å². The molecule has 1 heterocycles. The molecule has 1 aromatic heterocycles. The summed E-state index contributed by atoms with van der Waals surface area (Å²) in [6.07, 6.45) is -0.0973. The molecular formula is C25H26O5. The van der Waals surface area contributed by atoms with E-state index in [1.165, 1.54) is 0 Å². The summed E-state index contributed by atoms with van der Waals surface area (Å²) in [6, 6.07) is 5.30. The summed E-state index contributed by atoms with van der Waals surface area (Å²) < 4.78 is 6.09. The first-order chi connectivity index (χ1) is 14.1. The van der Waals surface area contributed by atoms with Crippen molar-refractivity contribution in [2.45, 2.75) is 52.2 Å². The normalized spacial score (nSPS) is 27.1. The predicted molar refractivity (Wildman–Crippen MR) is 116 cm³/mol. The molecule has 3 N–H and O–H groups in total. The van der Waals surface area contributed by atoms with Crippen LogP contribution in [-0.4, -0.2) is 21.4 Å². The average Bonchev–Trinajstić information content (AvgIpc) is 3.07. The standard InChI is InChI=1S/C25H26O5/c1-11-6-7-17-20(21(11)27)23(29)19-14(10-26)13-8-16-22(28)12(2)24(3,4)25(16,5)15(13)9-18(19)30-17/h6-7,9,16,22,26-28H,2,8,10H2,1,3-5H3/t16-,22+,25-/m0/s1. The van der Waals surface area contributed by atoms with E-state index in [2.05, 4.69) is 27.4 Å². The van der Waals surface area contributed by atoms with Crippen molar-refractivity contribution >= 4 is 21.9 Å². The molecule has 5 rings (SSSR count). The zero-order valence-corrected chi connectivity index (χ0v) is 17.7. The van der Waals surface area contributed by atoms with Gasteiger partial charge in [0.1, 0.15) is 22.3 Å². The summed E-state index contributed by atoms with van der Waals surface area (Å²) in [5.74, 6) is -0.179. The number of aryl methyl sites for hydroxylation is 1. The molecular weight excluding hydrogens is 380 g/mol. The molecule has 0 saturated heterocycles. The monoisotopic (exact) mass is 406 g/mol. The van der Waals surface area contributed by atoms with Crippen LogP contribution in [0.1, 0.15) is 43.0 Å². The van der Waals surface area contributed by atoms with E-state index in [1.807, 2.05) is 6.07 Å². The highest BCUT2D eigenvalue weighted by atomic mass is 16.3. The van der Waals surface area contributed by atoms with Crippen LogP contribution in [0.4, 0.5) is 0 Å². The van der Waals surface area contributed by atoms with Crippen molar-refractivity contribution in [3.63, 3.8) is 0 Å². The van der Waals surface area contributed by atoms with Gasteiger partial charge in [-0.1, -0.05) is 33.4 Å². The number of benzene rings is 2. The van der Waals surface area contributed by atoms with E-state index in [-0.39, 0.29) is 34.5 Å². The minimum atomic E-state index is -0.651. The van der Waals surface area contributed by atoms with Gasteiger partial charge in [-0.3, -0.25) is 4.79 Å². The van der Waals surface area contributed by atoms with E-state index in [0.717, 1.165) is 16.7 Å². The van der Waals surface area contributed by atoms with Gasteiger partial charge in [0.25, 0.3) is 0 Å². The number of aromatic hydroxyl groups is 1. The van der Waals surface area contributed by atoms with Gasteiger partial charge in [0, 0.05) is 11.3 Å². The minimum Gasteiger partial charge on any atom is -0.507 e. The smallest absolute Gasteiger partial charge is 0.204 e. The molecule has 0 bridgehead atoms. The number of hydrogen-bond donors (Lipinski definition) is 3. The number of rotatable bonds is 1. The lowest BCUT2D eigenvalue weighted by Crippen LogP contribution is -2.37. The SMILES string of the molecule is C=C1[C@@H](O)[C@@H]2Cc3c(cc4oc5ccc(C)c(O)c5c(=O)c4c3CO)[C@]2(C)C1(C)C. The van der Waals surface area contributed by atoms with Gasteiger partial charge in [-0.15, -0.1) is 0 Å². The topological polar surface area (TPSA) is 90.9 Å². The van der Waals surface area contributed by atoms with Crippen molar-refractivity contribution in [1.82, 2.24) is 0 Å². The molecule has 2 aliphatic rings. The summed E-state index contributed by atoms with van der Waals surface area (Å²) >= 11 is 0. The first kappa shape index (κ1) is 19.3. The molecule has 1 fully saturated rings. The van der Waals surface area contributed by atoms with Gasteiger partial charge < -0.3 is 19.7 Å². The Balaban J connectivity index is 1.93. The molecule has 3 atom stereocenters. The molecule has 3 aromatic rings. The Morgan fingerprint density at radius 1 is 1.20 bits per heavy atom. The lowest BCUT2D eigenvalue weighted by Gasteiger charge is -2.39. The van der Waals surface area contributed by atoms with Crippen molar-refractivity contribution in [2.75, 3.05) is 0 Å². The average molecular weight is 406 g/mol. The first-order valence-electron chi connectivity index (χ1n) is 10.3. The number of aliphatic hydroxyl groups excluding tert-OH is 2. The lowest BCUT2D eigenvalue weighted by atomic mass is 9.63. The van der Waals surface area contributed by atoms with Gasteiger partial charge in [0.15, 0.2) is 0 Å². The third kappa shape index (κ3) is 1.97. The first-order valence-corrected chi connectivity index (χ1v) is 10.3. The van der Waals surface area contributed by atoms with Crippen molar-refractivity contribution < 1.29 is 19.7 Å². The lowest BCUT2D eigenvalue weighted by molar-refractivity contribution is 0.130. The van der Waals surface area contributed by atoms with E-state index < -0.39 is 11.5 Å². The number of hydrogen-bond acceptors (Lipinski definition) is 5. The summed E-state index contributed by atoms with van der Waals surface area (Å²) in [7, 11) is 0. The summed E-state index contributed by atoms with van der Waals surface area (Å²) in [4.78, 5) is 13.4. The summed E-state index contributed by atoms with van der Waals surface area (Å²) in [5, 5.41) is 32.2. The van der Waals surface area contributed by atoms with E-state index in [4.69, 9.17) is 4.42 Å². The Morgan fingerprint density at radius 2 is 1.90 bits per heavy atom. The van der Waals surface area contributed by atoms with Gasteiger partial charge in [-0.05, 0) is 58.7 Å². The fourth-order valence-corrected chi connectivity index (χ4v) is 5.98. The van der Waals surface area contributed by atoms with Crippen LogP contribution in [0.3, 0.4) is 0 Å². The van der Waals surface area contributed by atoms with E-state index >= 15 is 0 Å². The molecule has 0 spiro atoms. The number of aliphatic hydroxyl groups is 2. The van der Waals surface area contributed by atoms with Crippen molar-refractivity contribution in [2.24, 2.45) is 11.3 Å². The third-order valence-corrected chi connectivity index (χ3v) is 8.25. The summed E-state index contributed by atoms with van der Waals surface area (Å²) in [5.41, 5.74) is 3.42. The van der Waals surface area contributed by atoms with Crippen LogP contribution in [0, 0.1) is 18.3 Å². The van der Waals surface area contributed by atoms with Gasteiger partial charge >= 0.3 is 0 Å². The van der Waals surface area contributed by atoms with E-state index in [1.54, 1.807) is 19.1 Å². The van der Waals surface area contributed by atoms with Gasteiger partial charge in [-0.25, -0.2) is 0 Å². The van der Waals surface area contributed by atoms with Crippen LogP contribution in [0.5, 0.6) is 5.75 Å². The molecule has 2 aliphatic carbocycles. The third-order valence-electron chi connectivity index (χ3n) is 8.25. The van der Waals surface area contributed by atoms with Crippen LogP contribution in [0.15, 0.2) is 39.6 Å². The Bertz CT molecular complexity index is 1330. The molecule has 5 heteroatoms. The molecule has 5 nitrogen and oxygen atoms in total. The molecule has 0 aliphatic heterocycles. The van der Waals surface area contributed by atoms with Crippen LogP contribution < -0.4 is 5.43 Å². The molecule has 0 unspecified atom stereocenters. The molecule has 156 valence electrons. The number of phenols is 1. The van der Waals surface area contributed by atoms with Crippen molar-refractivity contribution in [3.8, 4) is 5.75 Å². The van der Waals surface area contributed by atoms with Crippen molar-refractivity contribution in [1.29, 1.82) is 0 Å². The van der Waals surface area contributed by atoms with Gasteiger partial charge in [0.2, 0.25) is 5.43 Å². The highest BCUT2D eigenvalue weighted by Gasteiger charge is 2.63. The largest absolute Gasteiger partial charge is 0.507 e. The predicted octanol–water partition coefficient (Wildman–Crippen LogP) is 3.84. The van der Waals surface area contributed by atoms with Gasteiger partial charge in [0.05, 0.1) is 18.1 Å². The second-order valence-electron chi connectivity index (χ2n) is 9.56. The minimum absolute atomic E-state index is 0.0859. The highest BCUT2D eigenvalue weighted by molar-refractivity contribution is 5.96. The number of phenolic OH excluding ortho intramolecular Hbond substituents is 1. The Hall–Kier alpha value is -2.63. The second-order valence-corrected chi connectivity index (χ2v) is 9.56. The highest BCUT2D eigenvalue weighted by Crippen LogP contribution is 2.64. The molecule has 0 amide bonds. The molecule has 2 aromatic carbocycles. The van der Waals surface area contributed by atoms with Crippen LogP contribution >= 0.6 is 0 Å². The quantitative estimate of drug-likeness (QED) is 0.422. The number of fused-ring (bicyclic) bond motifs is 5. The van der Waals surface area contributed by atoms with Gasteiger partial charge in [-0.2, -0.15) is 0 Å². The maximum absolute atomic E-state index is 13.4. The molecule has 0 radical (unpaired) electrons. The molecule has 1 saturated carbocycles. The Kier molecular flexibility index (Phi) is 3.70. The van der Waals surface area contributed by atoms with Crippen molar-refractivity contribution in [3.05, 3.63) is 62.8 Å². The Labute approximate surface area is 174 Å². The fraction of sp³-hybridized carbons (Fsp3) is 0.400. The zero-order valence-electron chi connectivity index (χ0n) is 17.7. The van der Waals surface area contributed by atoms with E-state index in [9.17, 15) is 20.1 Å². The molecule has 30 heavy (non-hydrogen) atoms. The Morgan fingerprint density at radius 3 is 2.57 bits per heavy atom. The van der Waals surface area contributed by atoms with Crippen LogP contribution in [0.2, 0.25) is 0 Å². The summed E-state index contributed by atoms with van der Waals surface area (Å²) in [6.45, 7) is 11.9. The maximum atomic E-state index is 13.4. The van der Waals surface area contributed by atoms with Crippen LogP contribution in [-0.2, 0) is 18.4 Å².